The molecule has 0 aromatic carbocycles. The second-order valence-corrected chi connectivity index (χ2v) is 3.77. The van der Waals surface area contributed by atoms with Crippen molar-refractivity contribution in [3.8, 4) is 0 Å². The summed E-state index contributed by atoms with van der Waals surface area (Å²) >= 11 is 0. The second kappa shape index (κ2) is 4.39. The predicted octanol–water partition coefficient (Wildman–Crippen LogP) is 1.76. The number of carbonyl (C=O) groups excluding carboxylic acids is 1. The van der Waals surface area contributed by atoms with Gasteiger partial charge in [-0.1, -0.05) is 6.58 Å². The Balaban J connectivity index is 4.21. The van der Waals surface area contributed by atoms with Crippen molar-refractivity contribution in [1.82, 2.24) is 0 Å². The minimum absolute atomic E-state index is 0.0948. The Morgan fingerprint density at radius 3 is 2.23 bits per heavy atom. The van der Waals surface area contributed by atoms with Crippen LogP contribution in [-0.2, 0) is 14.4 Å². The lowest BCUT2D eigenvalue weighted by atomic mass is 10.1. The van der Waals surface area contributed by atoms with E-state index in [-0.39, 0.29) is 5.57 Å². The lowest BCUT2D eigenvalue weighted by molar-refractivity contribution is -0.264. The van der Waals surface area contributed by atoms with E-state index in [1.807, 2.05) is 0 Å². The topological polar surface area (TPSA) is 55.8 Å². The van der Waals surface area contributed by atoms with E-state index in [0.29, 0.717) is 0 Å². The molecule has 0 amide bonds. The zero-order valence-corrected chi connectivity index (χ0v) is 8.46. The molecule has 0 saturated carbocycles. The average molecular weight is 188 g/mol. The van der Waals surface area contributed by atoms with Crippen LogP contribution < -0.4 is 0 Å². The third-order valence-corrected chi connectivity index (χ3v) is 1.31. The molecule has 0 bridgehead atoms. The van der Waals surface area contributed by atoms with E-state index in [1.165, 1.54) is 6.92 Å². The Morgan fingerprint density at radius 1 is 1.46 bits per heavy atom. The van der Waals surface area contributed by atoms with Crippen LogP contribution in [0.3, 0.4) is 0 Å². The van der Waals surface area contributed by atoms with E-state index in [9.17, 15) is 4.79 Å². The molecule has 1 unspecified atom stereocenters. The van der Waals surface area contributed by atoms with E-state index < -0.39 is 17.7 Å². The normalized spacial score (nSPS) is 13.6. The maximum absolute atomic E-state index is 11.2. The summed E-state index contributed by atoms with van der Waals surface area (Å²) in [6.45, 7) is 10.2. The lowest BCUT2D eigenvalue weighted by Gasteiger charge is -2.21. The van der Waals surface area contributed by atoms with Crippen LogP contribution in [0.25, 0.3) is 0 Å². The highest BCUT2D eigenvalue weighted by atomic mass is 17.1. The highest BCUT2D eigenvalue weighted by molar-refractivity contribution is 5.89. The van der Waals surface area contributed by atoms with Gasteiger partial charge < -0.3 is 4.74 Å². The zero-order valence-electron chi connectivity index (χ0n) is 8.46. The lowest BCUT2D eigenvalue weighted by Crippen LogP contribution is -2.28. The molecule has 0 aliphatic rings. The highest BCUT2D eigenvalue weighted by Gasteiger charge is 2.22. The predicted molar refractivity (Wildman–Crippen MR) is 48.2 cm³/mol. The molecule has 4 nitrogen and oxygen atoms in total. The minimum atomic E-state index is -0.741. The fourth-order valence-corrected chi connectivity index (χ4v) is 0.573. The molecule has 1 N–H and O–H groups in total. The molecule has 0 fully saturated rings. The summed E-state index contributed by atoms with van der Waals surface area (Å²) in [6.07, 6.45) is -0.741. The molecule has 13 heavy (non-hydrogen) atoms. The van der Waals surface area contributed by atoms with E-state index in [4.69, 9.17) is 9.99 Å². The van der Waals surface area contributed by atoms with Crippen LogP contribution in [0.1, 0.15) is 27.7 Å². The van der Waals surface area contributed by atoms with E-state index in [2.05, 4.69) is 11.5 Å². The monoisotopic (exact) mass is 188 g/mol. The van der Waals surface area contributed by atoms with Crippen LogP contribution in [0.5, 0.6) is 0 Å². The molecule has 0 rings (SSSR count). The van der Waals surface area contributed by atoms with Gasteiger partial charge in [0.25, 0.3) is 0 Å². The Morgan fingerprint density at radius 2 is 1.92 bits per heavy atom. The van der Waals surface area contributed by atoms with Crippen LogP contribution in [0.15, 0.2) is 12.2 Å². The standard InChI is InChI=1S/C9H16O4/c1-6(7(2)13-11)8(10)12-9(3,4)5/h7,11H,1H2,2-5H3. The Hall–Kier alpha value is -0.870. The van der Waals surface area contributed by atoms with Gasteiger partial charge in [0, 0.05) is 0 Å². The first-order chi connectivity index (χ1) is 5.78. The smallest absolute Gasteiger partial charge is 0.336 e. The van der Waals surface area contributed by atoms with E-state index in [0.717, 1.165) is 0 Å². The summed E-state index contributed by atoms with van der Waals surface area (Å²) in [5, 5.41) is 8.28. The van der Waals surface area contributed by atoms with Crippen molar-refractivity contribution in [2.45, 2.75) is 39.4 Å². The van der Waals surface area contributed by atoms with Crippen molar-refractivity contribution in [2.24, 2.45) is 0 Å². The first kappa shape index (κ1) is 12.1. The fourth-order valence-electron chi connectivity index (χ4n) is 0.573. The van der Waals surface area contributed by atoms with Gasteiger partial charge in [-0.2, -0.15) is 0 Å². The summed E-state index contributed by atoms with van der Waals surface area (Å²) in [4.78, 5) is 15.2. The fraction of sp³-hybridized carbons (Fsp3) is 0.667. The molecule has 1 atom stereocenters. The Kier molecular flexibility index (Phi) is 4.10. The molecule has 0 radical (unpaired) electrons. The number of ether oxygens (including phenoxy) is 1. The van der Waals surface area contributed by atoms with E-state index >= 15 is 0 Å². The SMILES string of the molecule is C=C(C(=O)OC(C)(C)C)C(C)OO. The maximum Gasteiger partial charge on any atom is 0.336 e. The summed E-state index contributed by atoms with van der Waals surface area (Å²) in [5.74, 6) is -0.561. The van der Waals surface area contributed by atoms with Crippen molar-refractivity contribution >= 4 is 5.97 Å². The minimum Gasteiger partial charge on any atom is -0.457 e. The molecule has 76 valence electrons. The number of hydrogen-bond acceptors (Lipinski definition) is 4. The molecule has 0 saturated heterocycles. The van der Waals surface area contributed by atoms with Crippen LogP contribution in [-0.4, -0.2) is 22.9 Å². The molecule has 0 aromatic rings. The largest absolute Gasteiger partial charge is 0.457 e. The zero-order chi connectivity index (χ0) is 10.6. The van der Waals surface area contributed by atoms with Gasteiger partial charge in [0.1, 0.15) is 11.7 Å². The number of esters is 1. The van der Waals surface area contributed by atoms with Crippen molar-refractivity contribution in [1.29, 1.82) is 0 Å². The summed E-state index contributed by atoms with van der Waals surface area (Å²) in [7, 11) is 0. The number of hydrogen-bond donors (Lipinski definition) is 1. The van der Waals surface area contributed by atoms with Crippen LogP contribution in [0, 0.1) is 0 Å². The molecule has 0 spiro atoms. The van der Waals surface area contributed by atoms with Gasteiger partial charge in [-0.15, -0.1) is 0 Å². The molecule has 0 aromatic heterocycles. The molecule has 0 aliphatic carbocycles. The first-order valence-corrected chi connectivity index (χ1v) is 4.00. The van der Waals surface area contributed by atoms with Crippen LogP contribution >= 0.6 is 0 Å². The van der Waals surface area contributed by atoms with Gasteiger partial charge >= 0.3 is 5.97 Å². The van der Waals surface area contributed by atoms with Crippen LogP contribution in [0.2, 0.25) is 0 Å². The summed E-state index contributed by atoms with van der Waals surface area (Å²) in [6, 6.07) is 0. The molecule has 0 aliphatic heterocycles. The van der Waals surface area contributed by atoms with Gasteiger partial charge in [0.05, 0.1) is 5.57 Å². The quantitative estimate of drug-likeness (QED) is 0.317. The van der Waals surface area contributed by atoms with Crippen molar-refractivity contribution in [3.63, 3.8) is 0 Å². The number of rotatable bonds is 3. The summed E-state index contributed by atoms with van der Waals surface area (Å²) in [5.41, 5.74) is -0.465. The van der Waals surface area contributed by atoms with Crippen molar-refractivity contribution in [3.05, 3.63) is 12.2 Å². The van der Waals surface area contributed by atoms with Gasteiger partial charge in [0.2, 0.25) is 0 Å². The Bertz CT molecular complexity index is 202. The average Bonchev–Trinajstić information content (AvgIpc) is 1.98. The van der Waals surface area contributed by atoms with Crippen LogP contribution in [0.4, 0.5) is 0 Å². The molecular weight excluding hydrogens is 172 g/mol. The van der Waals surface area contributed by atoms with Crippen molar-refractivity contribution < 1.29 is 19.7 Å². The maximum atomic E-state index is 11.2. The van der Waals surface area contributed by atoms with Gasteiger partial charge in [-0.25, -0.2) is 9.68 Å². The van der Waals surface area contributed by atoms with Gasteiger partial charge in [0.15, 0.2) is 0 Å². The molecule has 0 heterocycles. The summed E-state index contributed by atoms with van der Waals surface area (Å²) < 4.78 is 4.99. The second-order valence-electron chi connectivity index (χ2n) is 3.77. The van der Waals surface area contributed by atoms with Gasteiger partial charge in [-0.05, 0) is 27.7 Å². The van der Waals surface area contributed by atoms with E-state index in [1.54, 1.807) is 20.8 Å². The van der Waals surface area contributed by atoms with Crippen molar-refractivity contribution in [2.75, 3.05) is 0 Å². The molecular formula is C9H16O4. The third-order valence-electron chi connectivity index (χ3n) is 1.31. The highest BCUT2D eigenvalue weighted by Crippen LogP contribution is 2.12. The third kappa shape index (κ3) is 4.65. The van der Waals surface area contributed by atoms with Gasteiger partial charge in [-0.3, -0.25) is 5.26 Å². The number of carbonyl (C=O) groups is 1. The Labute approximate surface area is 78.1 Å². The first-order valence-electron chi connectivity index (χ1n) is 4.00. The molecule has 4 heteroatoms.